The number of nitrogens with one attached hydrogen (secondary N) is 2. The Morgan fingerprint density at radius 2 is 1.85 bits per heavy atom. The van der Waals surface area contributed by atoms with E-state index in [2.05, 4.69) is 15.1 Å². The molecule has 8 nitrogen and oxygen atoms in total. The number of rotatable bonds is 8. The maximum Gasteiger partial charge on any atom is 0.287 e. The molecule has 1 unspecified atom stereocenters. The van der Waals surface area contributed by atoms with Crippen LogP contribution in [0.15, 0.2) is 59.5 Å². The van der Waals surface area contributed by atoms with E-state index in [-0.39, 0.29) is 15.8 Å². The van der Waals surface area contributed by atoms with Crippen LogP contribution in [-0.2, 0) is 21.2 Å². The number of hydrogen-bond acceptors (Lipinski definition) is 5. The lowest BCUT2D eigenvalue weighted by molar-refractivity contribution is -0.119. The topological polar surface area (TPSA) is 110 Å². The summed E-state index contributed by atoms with van der Waals surface area (Å²) >= 11 is 11.6. The Labute approximate surface area is 201 Å². The van der Waals surface area contributed by atoms with Gasteiger partial charge in [0, 0.05) is 5.69 Å². The Balaban J connectivity index is 1.72. The first-order valence-corrected chi connectivity index (χ1v) is 12.4. The number of anilines is 2. The van der Waals surface area contributed by atoms with Crippen molar-refractivity contribution in [3.05, 3.63) is 86.3 Å². The van der Waals surface area contributed by atoms with Crippen LogP contribution >= 0.6 is 23.2 Å². The van der Waals surface area contributed by atoms with E-state index in [0.717, 1.165) is 10.2 Å². The highest BCUT2D eigenvalue weighted by Crippen LogP contribution is 2.23. The summed E-state index contributed by atoms with van der Waals surface area (Å²) in [5.74, 6) is -0.625. The molecular formula is C22H22Cl2N4O4S. The van der Waals surface area contributed by atoms with Crippen molar-refractivity contribution in [1.29, 1.82) is 0 Å². The fourth-order valence-corrected chi connectivity index (χ4v) is 4.40. The summed E-state index contributed by atoms with van der Waals surface area (Å²) in [6.45, 7) is 3.23. The Morgan fingerprint density at radius 3 is 2.55 bits per heavy atom. The number of carbonyl (C=O) groups is 1. The van der Waals surface area contributed by atoms with E-state index in [9.17, 15) is 18.0 Å². The van der Waals surface area contributed by atoms with Gasteiger partial charge in [-0.15, -0.1) is 0 Å². The molecule has 0 fully saturated rings. The lowest BCUT2D eigenvalue weighted by Gasteiger charge is -2.16. The van der Waals surface area contributed by atoms with Crippen molar-refractivity contribution in [2.24, 2.45) is 0 Å². The Morgan fingerprint density at radius 1 is 1.15 bits per heavy atom. The van der Waals surface area contributed by atoms with Gasteiger partial charge in [-0.3, -0.25) is 14.3 Å². The van der Waals surface area contributed by atoms with E-state index < -0.39 is 27.5 Å². The van der Waals surface area contributed by atoms with Crippen LogP contribution in [0.3, 0.4) is 0 Å². The van der Waals surface area contributed by atoms with Crippen LogP contribution < -0.4 is 15.6 Å². The largest absolute Gasteiger partial charge is 0.324 e. The van der Waals surface area contributed by atoms with Gasteiger partial charge in [0.1, 0.15) is 11.1 Å². The van der Waals surface area contributed by atoms with Gasteiger partial charge in [-0.25, -0.2) is 13.1 Å². The average molecular weight is 509 g/mol. The molecule has 11 heteroatoms. The molecule has 0 spiro atoms. The van der Waals surface area contributed by atoms with E-state index in [1.807, 2.05) is 30.3 Å². The zero-order valence-electron chi connectivity index (χ0n) is 17.9. The highest BCUT2D eigenvalue weighted by atomic mass is 35.5. The first-order valence-electron chi connectivity index (χ1n) is 9.96. The molecule has 2 N–H and O–H groups in total. The quantitative estimate of drug-likeness (QED) is 0.476. The zero-order valence-corrected chi connectivity index (χ0v) is 20.2. The molecule has 174 valence electrons. The average Bonchev–Trinajstić information content (AvgIpc) is 2.78. The van der Waals surface area contributed by atoms with Crippen LogP contribution in [0.25, 0.3) is 0 Å². The Bertz CT molecular complexity index is 1330. The second-order valence-corrected chi connectivity index (χ2v) is 10.0. The molecule has 0 aliphatic carbocycles. The monoisotopic (exact) mass is 508 g/mol. The van der Waals surface area contributed by atoms with Crippen molar-refractivity contribution in [2.45, 2.75) is 26.3 Å². The minimum atomic E-state index is -3.62. The van der Waals surface area contributed by atoms with E-state index in [1.165, 1.54) is 19.2 Å². The number of benzene rings is 2. The maximum atomic E-state index is 12.7. The smallest absolute Gasteiger partial charge is 0.287 e. The second kappa shape index (κ2) is 10.4. The molecule has 3 rings (SSSR count). The second-order valence-electron chi connectivity index (χ2n) is 7.41. The van der Waals surface area contributed by atoms with Crippen LogP contribution in [0.1, 0.15) is 24.1 Å². The van der Waals surface area contributed by atoms with Gasteiger partial charge in [0.25, 0.3) is 5.56 Å². The third-order valence-electron chi connectivity index (χ3n) is 4.92. The number of aryl methyl sites for hydroxylation is 2. The van der Waals surface area contributed by atoms with Crippen LogP contribution in [0, 0.1) is 6.92 Å². The van der Waals surface area contributed by atoms with Crippen molar-refractivity contribution in [2.75, 3.05) is 15.8 Å². The van der Waals surface area contributed by atoms with Gasteiger partial charge < -0.3 is 5.32 Å². The standard InChI is InChI=1S/C22H22Cl2N4O4S/c1-14-8-9-17(26-21(29)15(2)28-22(30)20(24)18(23)13-25-28)12-19(14)27-33(31,32)11-10-16-6-4-3-5-7-16/h3-9,12-13,15,27H,10-11H2,1-2H3,(H,26,29). The third-order valence-corrected chi connectivity index (χ3v) is 6.94. The number of carbonyl (C=O) groups excluding carboxylic acids is 1. The highest BCUT2D eigenvalue weighted by Gasteiger charge is 2.20. The van der Waals surface area contributed by atoms with Crippen LogP contribution in [-0.4, -0.2) is 29.9 Å². The number of amides is 1. The molecule has 1 amide bonds. The number of halogens is 2. The summed E-state index contributed by atoms with van der Waals surface area (Å²) in [4.78, 5) is 24.9. The number of hydrogen-bond donors (Lipinski definition) is 2. The number of sulfonamides is 1. The molecule has 0 aliphatic rings. The predicted molar refractivity (Wildman–Crippen MR) is 131 cm³/mol. The SMILES string of the molecule is Cc1ccc(NC(=O)C(C)n2ncc(Cl)c(Cl)c2=O)cc1NS(=O)(=O)CCc1ccccc1. The van der Waals surface area contributed by atoms with Crippen molar-refractivity contribution < 1.29 is 13.2 Å². The molecule has 0 bridgehead atoms. The minimum Gasteiger partial charge on any atom is -0.324 e. The first kappa shape index (κ1) is 24.8. The van der Waals surface area contributed by atoms with Crippen LogP contribution in [0.2, 0.25) is 10.0 Å². The molecule has 1 heterocycles. The fourth-order valence-electron chi connectivity index (χ4n) is 2.98. The molecule has 33 heavy (non-hydrogen) atoms. The third kappa shape index (κ3) is 6.34. The van der Waals surface area contributed by atoms with Gasteiger partial charge in [-0.2, -0.15) is 5.10 Å². The summed E-state index contributed by atoms with van der Waals surface area (Å²) in [5, 5.41) is 6.29. The van der Waals surface area contributed by atoms with Crippen LogP contribution in [0.4, 0.5) is 11.4 Å². The van der Waals surface area contributed by atoms with Gasteiger partial charge in [0.15, 0.2) is 0 Å². The summed E-state index contributed by atoms with van der Waals surface area (Å²) < 4.78 is 28.7. The lowest BCUT2D eigenvalue weighted by Crippen LogP contribution is -2.33. The van der Waals surface area contributed by atoms with E-state index in [1.54, 1.807) is 19.1 Å². The van der Waals surface area contributed by atoms with Gasteiger partial charge >= 0.3 is 0 Å². The number of nitrogens with zero attached hydrogens (tertiary/aromatic N) is 2. The molecule has 0 aliphatic heterocycles. The van der Waals surface area contributed by atoms with Gasteiger partial charge in [0.05, 0.1) is 22.7 Å². The molecule has 1 aromatic heterocycles. The molecule has 0 radical (unpaired) electrons. The van der Waals surface area contributed by atoms with Crippen molar-refractivity contribution in [3.8, 4) is 0 Å². The molecule has 0 saturated heterocycles. The van der Waals surface area contributed by atoms with E-state index >= 15 is 0 Å². The normalized spacial score (nSPS) is 12.2. The minimum absolute atomic E-state index is 0.00625. The van der Waals surface area contributed by atoms with Crippen LogP contribution in [0.5, 0.6) is 0 Å². The Hall–Kier alpha value is -2.88. The lowest BCUT2D eigenvalue weighted by atomic mass is 10.2. The first-order chi connectivity index (χ1) is 15.6. The van der Waals surface area contributed by atoms with E-state index in [4.69, 9.17) is 23.2 Å². The Kier molecular flexibility index (Phi) is 7.78. The maximum absolute atomic E-state index is 12.7. The van der Waals surface area contributed by atoms with Gasteiger partial charge in [-0.05, 0) is 43.5 Å². The summed E-state index contributed by atoms with van der Waals surface area (Å²) in [6.07, 6.45) is 1.55. The molecule has 0 saturated carbocycles. The molecule has 3 aromatic rings. The zero-order chi connectivity index (χ0) is 24.2. The molecule has 1 atom stereocenters. The van der Waals surface area contributed by atoms with E-state index in [0.29, 0.717) is 23.4 Å². The highest BCUT2D eigenvalue weighted by molar-refractivity contribution is 7.92. The van der Waals surface area contributed by atoms with Crippen molar-refractivity contribution in [1.82, 2.24) is 9.78 Å². The summed E-state index contributed by atoms with van der Waals surface area (Å²) in [7, 11) is -3.62. The van der Waals surface area contributed by atoms with Crippen molar-refractivity contribution >= 4 is 50.5 Å². The fraction of sp³-hybridized carbons (Fsp3) is 0.227. The predicted octanol–water partition coefficient (Wildman–Crippen LogP) is 4.04. The van der Waals surface area contributed by atoms with Gasteiger partial charge in [0.2, 0.25) is 15.9 Å². The molecule has 2 aromatic carbocycles. The molecular weight excluding hydrogens is 487 g/mol. The van der Waals surface area contributed by atoms with Gasteiger partial charge in [-0.1, -0.05) is 59.6 Å². The summed E-state index contributed by atoms with van der Waals surface area (Å²) in [6, 6.07) is 13.2. The summed E-state index contributed by atoms with van der Waals surface area (Å²) in [5.41, 5.74) is 1.61. The number of aromatic nitrogens is 2. The van der Waals surface area contributed by atoms with Crippen molar-refractivity contribution in [3.63, 3.8) is 0 Å².